The summed E-state index contributed by atoms with van der Waals surface area (Å²) in [7, 11) is 0. The Morgan fingerprint density at radius 3 is 2.23 bits per heavy atom. The van der Waals surface area contributed by atoms with Crippen molar-refractivity contribution in [1.82, 2.24) is 0 Å². The molecule has 2 rings (SSSR count). The van der Waals surface area contributed by atoms with Crippen molar-refractivity contribution in [3.63, 3.8) is 0 Å². The SMILES string of the molecule is CCCCCCCC(=O)OC1(C)C(=O)C=C2C=C(CCCCCCC)OC=C2C1=O. The third-order valence-electron chi connectivity index (χ3n) is 5.72. The van der Waals surface area contributed by atoms with E-state index in [4.69, 9.17) is 9.47 Å². The first kappa shape index (κ1) is 24.1. The highest BCUT2D eigenvalue weighted by atomic mass is 16.6. The number of ether oxygens (including phenoxy) is 2. The molecule has 166 valence electrons. The molecule has 0 radical (unpaired) electrons. The Morgan fingerprint density at radius 2 is 1.57 bits per heavy atom. The standard InChI is InChI=1S/C25H36O5/c1-4-6-8-10-12-14-20-16-19-17-22(26)25(3,24(28)21(19)18-29-20)30-23(27)15-13-11-9-7-5-2/h16-18H,4-15H2,1-3H3. The van der Waals surface area contributed by atoms with E-state index in [0.29, 0.717) is 17.6 Å². The van der Waals surface area contributed by atoms with Gasteiger partial charge in [-0.1, -0.05) is 65.2 Å². The molecule has 1 atom stereocenters. The lowest BCUT2D eigenvalue weighted by atomic mass is 9.80. The molecule has 0 spiro atoms. The normalized spacial score (nSPS) is 20.7. The van der Waals surface area contributed by atoms with Crippen LogP contribution in [0.4, 0.5) is 0 Å². The molecule has 0 bridgehead atoms. The minimum Gasteiger partial charge on any atom is -0.469 e. The van der Waals surface area contributed by atoms with Crippen LogP contribution < -0.4 is 0 Å². The van der Waals surface area contributed by atoms with Gasteiger partial charge in [-0.2, -0.15) is 0 Å². The van der Waals surface area contributed by atoms with Crippen LogP contribution in [-0.2, 0) is 23.9 Å². The molecular formula is C25H36O5. The molecule has 2 aliphatic rings. The Hall–Kier alpha value is -2.17. The van der Waals surface area contributed by atoms with Gasteiger partial charge in [-0.05, 0) is 37.5 Å². The van der Waals surface area contributed by atoms with Crippen molar-refractivity contribution in [3.8, 4) is 0 Å². The fraction of sp³-hybridized carbons (Fsp3) is 0.640. The predicted molar refractivity (Wildman–Crippen MR) is 117 cm³/mol. The number of ketones is 2. The van der Waals surface area contributed by atoms with Crippen molar-refractivity contribution in [1.29, 1.82) is 0 Å². The molecule has 5 nitrogen and oxygen atoms in total. The highest BCUT2D eigenvalue weighted by Gasteiger charge is 2.49. The molecule has 0 saturated heterocycles. The molecule has 0 fully saturated rings. The van der Waals surface area contributed by atoms with Crippen molar-refractivity contribution < 1.29 is 23.9 Å². The Labute approximate surface area is 180 Å². The van der Waals surface area contributed by atoms with Crippen molar-refractivity contribution >= 4 is 17.5 Å². The lowest BCUT2D eigenvalue weighted by Crippen LogP contribution is -2.50. The third-order valence-corrected chi connectivity index (χ3v) is 5.72. The quantitative estimate of drug-likeness (QED) is 0.213. The van der Waals surface area contributed by atoms with Crippen LogP contribution in [0.1, 0.15) is 97.8 Å². The van der Waals surface area contributed by atoms with E-state index in [1.165, 1.54) is 38.5 Å². The molecule has 1 aliphatic carbocycles. The van der Waals surface area contributed by atoms with Crippen molar-refractivity contribution in [2.24, 2.45) is 0 Å². The maximum absolute atomic E-state index is 13.0. The highest BCUT2D eigenvalue weighted by Crippen LogP contribution is 2.34. The van der Waals surface area contributed by atoms with Crippen LogP contribution in [-0.4, -0.2) is 23.1 Å². The second-order valence-corrected chi connectivity index (χ2v) is 8.39. The summed E-state index contributed by atoms with van der Waals surface area (Å²) in [6, 6.07) is 0. The van der Waals surface area contributed by atoms with Crippen LogP contribution in [0, 0.1) is 0 Å². The average Bonchev–Trinajstić information content (AvgIpc) is 2.72. The van der Waals surface area contributed by atoms with Crippen molar-refractivity contribution in [2.45, 2.75) is 103 Å². The summed E-state index contributed by atoms with van der Waals surface area (Å²) in [6.07, 6.45) is 16.3. The largest absolute Gasteiger partial charge is 0.469 e. The van der Waals surface area contributed by atoms with Crippen LogP contribution >= 0.6 is 0 Å². The number of hydrogen-bond acceptors (Lipinski definition) is 5. The Morgan fingerprint density at radius 1 is 0.933 bits per heavy atom. The summed E-state index contributed by atoms with van der Waals surface area (Å²) in [5.74, 6) is -0.745. The summed E-state index contributed by atoms with van der Waals surface area (Å²) in [5.41, 5.74) is -0.958. The average molecular weight is 417 g/mol. The van der Waals surface area contributed by atoms with Gasteiger partial charge in [0, 0.05) is 12.8 Å². The van der Waals surface area contributed by atoms with E-state index >= 15 is 0 Å². The summed E-state index contributed by atoms with van der Waals surface area (Å²) in [6.45, 7) is 5.70. The summed E-state index contributed by atoms with van der Waals surface area (Å²) >= 11 is 0. The van der Waals surface area contributed by atoms with Gasteiger partial charge in [-0.3, -0.25) is 14.4 Å². The number of unbranched alkanes of at least 4 members (excludes halogenated alkanes) is 8. The first-order valence-electron chi connectivity index (χ1n) is 11.5. The van der Waals surface area contributed by atoms with Gasteiger partial charge in [-0.25, -0.2) is 0 Å². The monoisotopic (exact) mass is 416 g/mol. The molecule has 0 aromatic heterocycles. The number of rotatable bonds is 13. The van der Waals surface area contributed by atoms with Gasteiger partial charge >= 0.3 is 5.97 Å². The maximum Gasteiger partial charge on any atom is 0.307 e. The third kappa shape index (κ3) is 6.41. The molecule has 0 aromatic rings. The second kappa shape index (κ2) is 11.9. The summed E-state index contributed by atoms with van der Waals surface area (Å²) in [5, 5.41) is 0. The Kier molecular flexibility index (Phi) is 9.54. The molecule has 0 amide bonds. The number of carbonyl (C=O) groups is 3. The van der Waals surface area contributed by atoms with E-state index in [1.54, 1.807) is 6.08 Å². The minimum atomic E-state index is -1.80. The summed E-state index contributed by atoms with van der Waals surface area (Å²) in [4.78, 5) is 37.9. The zero-order valence-electron chi connectivity index (χ0n) is 18.8. The van der Waals surface area contributed by atoms with Gasteiger partial charge < -0.3 is 9.47 Å². The number of esters is 1. The molecule has 1 aliphatic heterocycles. The van der Waals surface area contributed by atoms with Gasteiger partial charge in [0.05, 0.1) is 5.57 Å². The van der Waals surface area contributed by atoms with E-state index in [-0.39, 0.29) is 6.42 Å². The van der Waals surface area contributed by atoms with Gasteiger partial charge in [0.1, 0.15) is 12.0 Å². The van der Waals surface area contributed by atoms with Crippen LogP contribution in [0.25, 0.3) is 0 Å². The lowest BCUT2D eigenvalue weighted by molar-refractivity contribution is -0.169. The van der Waals surface area contributed by atoms with E-state index in [0.717, 1.165) is 50.7 Å². The number of fused-ring (bicyclic) bond motifs is 1. The van der Waals surface area contributed by atoms with E-state index in [1.807, 2.05) is 0 Å². The highest BCUT2D eigenvalue weighted by molar-refractivity contribution is 6.26. The molecule has 5 heteroatoms. The van der Waals surface area contributed by atoms with Gasteiger partial charge in [-0.15, -0.1) is 0 Å². The number of carbonyl (C=O) groups excluding carboxylic acids is 3. The van der Waals surface area contributed by atoms with Crippen molar-refractivity contribution in [2.75, 3.05) is 0 Å². The second-order valence-electron chi connectivity index (χ2n) is 8.39. The van der Waals surface area contributed by atoms with Crippen LogP contribution in [0.2, 0.25) is 0 Å². The van der Waals surface area contributed by atoms with Gasteiger partial charge in [0.25, 0.3) is 0 Å². The fourth-order valence-corrected chi connectivity index (χ4v) is 3.72. The van der Waals surface area contributed by atoms with E-state index in [9.17, 15) is 14.4 Å². The van der Waals surface area contributed by atoms with Crippen LogP contribution in [0.5, 0.6) is 0 Å². The molecule has 0 N–H and O–H groups in total. The Balaban J connectivity index is 1.95. The van der Waals surface area contributed by atoms with E-state index < -0.39 is 23.1 Å². The Bertz CT molecular complexity index is 728. The zero-order valence-corrected chi connectivity index (χ0v) is 18.8. The number of Topliss-reactive ketones (excluding diaryl/α,β-unsaturated/α-hetero) is 1. The topological polar surface area (TPSA) is 69.7 Å². The smallest absolute Gasteiger partial charge is 0.307 e. The van der Waals surface area contributed by atoms with Gasteiger partial charge in [0.2, 0.25) is 17.2 Å². The van der Waals surface area contributed by atoms with E-state index in [2.05, 4.69) is 13.8 Å². The molecule has 0 saturated carbocycles. The lowest BCUT2D eigenvalue weighted by Gasteiger charge is -2.31. The molecule has 1 unspecified atom stereocenters. The number of allylic oxidation sites excluding steroid dienone is 3. The maximum atomic E-state index is 13.0. The zero-order chi connectivity index (χ0) is 22.0. The molecule has 1 heterocycles. The predicted octanol–water partition coefficient (Wildman–Crippen LogP) is 5.89. The molecule has 30 heavy (non-hydrogen) atoms. The van der Waals surface area contributed by atoms with Crippen LogP contribution in [0.15, 0.2) is 35.3 Å². The molecule has 0 aromatic carbocycles. The summed E-state index contributed by atoms with van der Waals surface area (Å²) < 4.78 is 11.0. The fourth-order valence-electron chi connectivity index (χ4n) is 3.72. The van der Waals surface area contributed by atoms with Crippen LogP contribution in [0.3, 0.4) is 0 Å². The first-order chi connectivity index (χ1) is 14.4. The van der Waals surface area contributed by atoms with Crippen molar-refractivity contribution in [3.05, 3.63) is 35.3 Å². The molecular weight excluding hydrogens is 380 g/mol. The van der Waals surface area contributed by atoms with Gasteiger partial charge in [0.15, 0.2) is 0 Å². The number of hydrogen-bond donors (Lipinski definition) is 0. The first-order valence-corrected chi connectivity index (χ1v) is 11.5. The minimum absolute atomic E-state index is 0.216.